The molecule has 6 nitrogen and oxygen atoms in total. The van der Waals surface area contributed by atoms with E-state index in [4.69, 9.17) is 16.3 Å². The number of aromatic nitrogens is 1. The van der Waals surface area contributed by atoms with Crippen molar-refractivity contribution in [1.82, 2.24) is 9.99 Å². The van der Waals surface area contributed by atoms with E-state index in [0.717, 1.165) is 35.2 Å². The second-order valence-electron chi connectivity index (χ2n) is 5.93. The largest absolute Gasteiger partial charge is 0.497 e. The van der Waals surface area contributed by atoms with Crippen molar-refractivity contribution in [2.24, 2.45) is 5.10 Å². The minimum Gasteiger partial charge on any atom is -0.497 e. The molecule has 0 fully saturated rings. The summed E-state index contributed by atoms with van der Waals surface area (Å²) in [7, 11) is 1.59. The van der Waals surface area contributed by atoms with Gasteiger partial charge in [-0.15, -0.1) is 0 Å². The predicted octanol–water partition coefficient (Wildman–Crippen LogP) is 4.87. The monoisotopic (exact) mass is 384 g/mol. The fourth-order valence-corrected chi connectivity index (χ4v) is 3.18. The molecule has 0 aliphatic heterocycles. The molecule has 0 spiro atoms. The topological polar surface area (TPSA) is 67.7 Å². The van der Waals surface area contributed by atoms with Crippen molar-refractivity contribution in [3.05, 3.63) is 59.2 Å². The Balaban J connectivity index is 1.72. The van der Waals surface area contributed by atoms with Crippen molar-refractivity contribution in [2.75, 3.05) is 12.4 Å². The molecule has 140 valence electrons. The molecule has 2 N–H and O–H groups in total. The number of halogens is 1. The molecule has 0 bridgehead atoms. The number of hydrogen-bond acceptors (Lipinski definition) is 3. The summed E-state index contributed by atoms with van der Waals surface area (Å²) in [6.45, 7) is 2.92. The van der Waals surface area contributed by atoms with E-state index in [0.29, 0.717) is 10.8 Å². The molecule has 0 unspecified atom stereocenters. The summed E-state index contributed by atoms with van der Waals surface area (Å²) >= 11 is 6.54. The average molecular weight is 385 g/mol. The third-order valence-electron chi connectivity index (χ3n) is 4.10. The van der Waals surface area contributed by atoms with Gasteiger partial charge in [0.15, 0.2) is 0 Å². The van der Waals surface area contributed by atoms with Gasteiger partial charge in [0, 0.05) is 28.7 Å². The number of amides is 2. The standard InChI is InChI=1S/C20H21ClN4O2/c1-3-12-25-18-7-5-4-6-16(18)17(19(25)21)13-22-24-20(26)23-14-8-10-15(27-2)11-9-14/h4-11,13H,3,12H2,1-2H3,(H2,23,24,26)/b22-13+. The van der Waals surface area contributed by atoms with Crippen molar-refractivity contribution < 1.29 is 9.53 Å². The van der Waals surface area contributed by atoms with Crippen LogP contribution in [-0.2, 0) is 6.54 Å². The van der Waals surface area contributed by atoms with Gasteiger partial charge in [-0.25, -0.2) is 10.2 Å². The highest BCUT2D eigenvalue weighted by Gasteiger charge is 2.13. The lowest BCUT2D eigenvalue weighted by Crippen LogP contribution is -2.24. The number of nitrogens with zero attached hydrogens (tertiary/aromatic N) is 2. The van der Waals surface area contributed by atoms with Crippen molar-refractivity contribution in [2.45, 2.75) is 19.9 Å². The molecule has 3 rings (SSSR count). The van der Waals surface area contributed by atoms with E-state index in [1.54, 1.807) is 37.6 Å². The first kappa shape index (κ1) is 18.8. The highest BCUT2D eigenvalue weighted by Crippen LogP contribution is 2.29. The number of urea groups is 1. The number of hydrogen-bond donors (Lipinski definition) is 2. The second kappa shape index (κ2) is 8.60. The highest BCUT2D eigenvalue weighted by molar-refractivity contribution is 6.34. The molecule has 2 amide bonds. The summed E-state index contributed by atoms with van der Waals surface area (Å²) < 4.78 is 7.14. The number of ether oxygens (including phenoxy) is 1. The lowest BCUT2D eigenvalue weighted by atomic mass is 10.2. The number of fused-ring (bicyclic) bond motifs is 1. The van der Waals surface area contributed by atoms with E-state index < -0.39 is 6.03 Å². The predicted molar refractivity (Wildman–Crippen MR) is 110 cm³/mol. The van der Waals surface area contributed by atoms with Crippen molar-refractivity contribution >= 4 is 40.4 Å². The molecule has 0 aliphatic carbocycles. The van der Waals surface area contributed by atoms with Crippen LogP contribution < -0.4 is 15.5 Å². The zero-order valence-corrected chi connectivity index (χ0v) is 16.0. The summed E-state index contributed by atoms with van der Waals surface area (Å²) in [6.07, 6.45) is 2.54. The van der Waals surface area contributed by atoms with Crippen molar-refractivity contribution in [3.63, 3.8) is 0 Å². The number of benzene rings is 2. The van der Waals surface area contributed by atoms with Crippen LogP contribution in [0.3, 0.4) is 0 Å². The van der Waals surface area contributed by atoms with Crippen LogP contribution >= 0.6 is 11.6 Å². The third kappa shape index (κ3) is 4.23. The van der Waals surface area contributed by atoms with Crippen molar-refractivity contribution in [3.8, 4) is 5.75 Å². The molecule has 27 heavy (non-hydrogen) atoms. The summed E-state index contributed by atoms with van der Waals surface area (Å²) in [4.78, 5) is 12.0. The number of carbonyl (C=O) groups excluding carboxylic acids is 1. The van der Waals surface area contributed by atoms with Gasteiger partial charge in [-0.2, -0.15) is 5.10 Å². The van der Waals surface area contributed by atoms with Crippen molar-refractivity contribution in [1.29, 1.82) is 0 Å². The van der Waals surface area contributed by atoms with Crippen LogP contribution in [0.5, 0.6) is 5.75 Å². The Morgan fingerprint density at radius 2 is 1.96 bits per heavy atom. The van der Waals surface area contributed by atoms with E-state index in [9.17, 15) is 4.79 Å². The van der Waals surface area contributed by atoms with Gasteiger partial charge in [0.2, 0.25) is 0 Å². The Kier molecular flexibility index (Phi) is 5.98. The lowest BCUT2D eigenvalue weighted by Gasteiger charge is -2.05. The van der Waals surface area contributed by atoms with Crippen LogP contribution in [0, 0.1) is 0 Å². The van der Waals surface area contributed by atoms with Gasteiger partial charge in [0.1, 0.15) is 10.9 Å². The first-order chi connectivity index (χ1) is 13.1. The molecular weight excluding hydrogens is 364 g/mol. The Hall–Kier alpha value is -2.99. The maximum atomic E-state index is 12.0. The normalized spacial score (nSPS) is 11.1. The van der Waals surface area contributed by atoms with Crippen LogP contribution in [0.25, 0.3) is 10.9 Å². The van der Waals surface area contributed by atoms with E-state index in [1.165, 1.54) is 0 Å². The first-order valence-electron chi connectivity index (χ1n) is 8.65. The Morgan fingerprint density at radius 1 is 1.22 bits per heavy atom. The number of methoxy groups -OCH3 is 1. The summed E-state index contributed by atoms with van der Waals surface area (Å²) in [5.74, 6) is 0.720. The molecular formula is C20H21ClN4O2. The number of anilines is 1. The van der Waals surface area contributed by atoms with E-state index in [2.05, 4.69) is 27.3 Å². The number of para-hydroxylation sites is 1. The molecule has 0 radical (unpaired) electrons. The first-order valence-corrected chi connectivity index (χ1v) is 9.02. The molecule has 1 heterocycles. The SMILES string of the molecule is CCCn1c(Cl)c(/C=N/NC(=O)Nc2ccc(OC)cc2)c2ccccc21. The van der Waals surface area contributed by atoms with Gasteiger partial charge in [-0.05, 0) is 36.8 Å². The number of hydrazone groups is 1. The van der Waals surface area contributed by atoms with Crippen LogP contribution in [0.1, 0.15) is 18.9 Å². The fourth-order valence-electron chi connectivity index (χ4n) is 2.85. The molecule has 0 atom stereocenters. The molecule has 0 saturated heterocycles. The van der Waals surface area contributed by atoms with Gasteiger partial charge in [-0.3, -0.25) is 0 Å². The quantitative estimate of drug-likeness (QED) is 0.470. The average Bonchev–Trinajstić information content (AvgIpc) is 2.95. The third-order valence-corrected chi connectivity index (χ3v) is 4.51. The molecule has 2 aromatic carbocycles. The number of aryl methyl sites for hydroxylation is 1. The van der Waals surface area contributed by atoms with Crippen LogP contribution in [0.2, 0.25) is 5.15 Å². The number of nitrogens with one attached hydrogen (secondary N) is 2. The Morgan fingerprint density at radius 3 is 2.67 bits per heavy atom. The maximum absolute atomic E-state index is 12.0. The maximum Gasteiger partial charge on any atom is 0.339 e. The Labute approximate surface area is 162 Å². The van der Waals surface area contributed by atoms with Crippen LogP contribution in [0.15, 0.2) is 53.6 Å². The van der Waals surface area contributed by atoms with Gasteiger partial charge >= 0.3 is 6.03 Å². The molecule has 0 saturated carbocycles. The molecule has 0 aliphatic rings. The van der Waals surface area contributed by atoms with Gasteiger partial charge < -0.3 is 14.6 Å². The Bertz CT molecular complexity index is 964. The van der Waals surface area contributed by atoms with Gasteiger partial charge in [0.05, 0.1) is 13.3 Å². The van der Waals surface area contributed by atoms with Gasteiger partial charge in [-0.1, -0.05) is 36.7 Å². The zero-order valence-electron chi connectivity index (χ0n) is 15.2. The molecule has 1 aromatic heterocycles. The van der Waals surface area contributed by atoms with Crippen LogP contribution in [-0.4, -0.2) is 23.9 Å². The van der Waals surface area contributed by atoms with E-state index in [-0.39, 0.29) is 0 Å². The number of carbonyl (C=O) groups is 1. The molecule has 7 heteroatoms. The summed E-state index contributed by atoms with van der Waals surface area (Å²) in [6, 6.07) is 14.5. The highest BCUT2D eigenvalue weighted by atomic mass is 35.5. The van der Waals surface area contributed by atoms with E-state index >= 15 is 0 Å². The number of rotatable bonds is 6. The van der Waals surface area contributed by atoms with E-state index in [1.807, 2.05) is 24.3 Å². The summed E-state index contributed by atoms with van der Waals surface area (Å²) in [5.41, 5.74) is 4.93. The van der Waals surface area contributed by atoms with Gasteiger partial charge in [0.25, 0.3) is 0 Å². The molecule has 3 aromatic rings. The van der Waals surface area contributed by atoms with Crippen LogP contribution in [0.4, 0.5) is 10.5 Å². The fraction of sp³-hybridized carbons (Fsp3) is 0.200. The minimum absolute atomic E-state index is 0.440. The zero-order chi connectivity index (χ0) is 19.2. The second-order valence-corrected chi connectivity index (χ2v) is 6.28. The summed E-state index contributed by atoms with van der Waals surface area (Å²) in [5, 5.41) is 8.35. The smallest absolute Gasteiger partial charge is 0.339 e. The minimum atomic E-state index is -0.440. The lowest BCUT2D eigenvalue weighted by molar-refractivity contribution is 0.252.